The number of hydrogen-bond acceptors (Lipinski definition) is 3. The molecule has 4 nitrogen and oxygen atoms in total. The maximum atomic E-state index is 12.9. The van der Waals surface area contributed by atoms with Crippen molar-refractivity contribution in [3.63, 3.8) is 0 Å². The molecule has 1 aromatic carbocycles. The number of carbonyl (C=O) groups excluding carboxylic acids is 2. The van der Waals surface area contributed by atoms with Crippen LogP contribution in [0.5, 0.6) is 0 Å². The minimum absolute atomic E-state index is 0.0220. The number of fused-ring (bicyclic) bond motifs is 1. The Balaban J connectivity index is 1.48. The van der Waals surface area contributed by atoms with E-state index in [1.54, 1.807) is 0 Å². The molecule has 0 unspecified atom stereocenters. The highest BCUT2D eigenvalue weighted by atomic mass is 79.9. The van der Waals surface area contributed by atoms with E-state index in [1.165, 1.54) is 44.9 Å². The number of hydrogen-bond donors (Lipinski definition) is 0. The fraction of sp³-hybridized carbons (Fsp3) is 0.652. The topological polar surface area (TPSA) is 40.6 Å². The molecule has 4 rings (SSSR count). The second kappa shape index (κ2) is 9.08. The second-order valence-corrected chi connectivity index (χ2v) is 9.61. The van der Waals surface area contributed by atoms with Gasteiger partial charge >= 0.3 is 0 Å². The van der Waals surface area contributed by atoms with Crippen LogP contribution in [0.3, 0.4) is 0 Å². The van der Waals surface area contributed by atoms with Gasteiger partial charge in [-0.3, -0.25) is 9.59 Å². The highest BCUT2D eigenvalue weighted by molar-refractivity contribution is 9.10. The highest BCUT2D eigenvalue weighted by Crippen LogP contribution is 2.34. The Morgan fingerprint density at radius 2 is 1.50 bits per heavy atom. The number of anilines is 1. The molecule has 2 heterocycles. The Bertz CT molecular complexity index is 719. The Hall–Kier alpha value is -1.20. The number of rotatable bonds is 2. The average Bonchev–Trinajstić information content (AvgIpc) is 2.76. The largest absolute Gasteiger partial charge is 0.309 e. The number of halogens is 1. The van der Waals surface area contributed by atoms with Gasteiger partial charge in [-0.25, -0.2) is 0 Å². The molecule has 2 aliphatic heterocycles. The van der Waals surface area contributed by atoms with Crippen LogP contribution in [-0.2, 0) is 16.0 Å². The Labute approximate surface area is 176 Å². The third-order valence-electron chi connectivity index (χ3n) is 6.77. The van der Waals surface area contributed by atoms with Crippen molar-refractivity contribution in [3.05, 3.63) is 28.2 Å². The molecular weight excluding hydrogens is 416 g/mol. The second-order valence-electron chi connectivity index (χ2n) is 8.70. The molecule has 0 atom stereocenters. The summed E-state index contributed by atoms with van der Waals surface area (Å²) >= 11 is 3.55. The van der Waals surface area contributed by atoms with Gasteiger partial charge in [0.1, 0.15) is 5.78 Å². The number of likely N-dealkylation sites (tertiary alicyclic amines) is 1. The zero-order valence-electron chi connectivity index (χ0n) is 16.7. The van der Waals surface area contributed by atoms with E-state index in [4.69, 9.17) is 0 Å². The monoisotopic (exact) mass is 446 g/mol. The van der Waals surface area contributed by atoms with Gasteiger partial charge in [-0.05, 0) is 43.4 Å². The van der Waals surface area contributed by atoms with Crippen molar-refractivity contribution in [3.8, 4) is 0 Å². The van der Waals surface area contributed by atoms with Crippen molar-refractivity contribution in [2.24, 2.45) is 0 Å². The standard InChI is InChI=1S/C23H31BrN2O2/c24-18-9-8-17-14-21(27)16-23(28)26(22(17)15-18)20-10-12-25(13-11-20)19-6-4-2-1-3-5-7-19/h8-9,15,19-20H,1-7,10-14,16H2. The van der Waals surface area contributed by atoms with Crippen molar-refractivity contribution >= 4 is 33.3 Å². The lowest BCUT2D eigenvalue weighted by atomic mass is 9.93. The number of amides is 1. The number of piperidine rings is 1. The summed E-state index contributed by atoms with van der Waals surface area (Å²) in [6.07, 6.45) is 12.0. The molecular formula is C23H31BrN2O2. The molecule has 0 N–H and O–H groups in total. The van der Waals surface area contributed by atoms with Gasteiger partial charge in [0.05, 0.1) is 6.42 Å². The van der Waals surface area contributed by atoms with Crippen LogP contribution < -0.4 is 4.90 Å². The first-order valence-electron chi connectivity index (χ1n) is 11.0. The van der Waals surface area contributed by atoms with Gasteiger partial charge < -0.3 is 9.80 Å². The normalized spacial score (nSPS) is 23.8. The average molecular weight is 447 g/mol. The van der Waals surface area contributed by atoms with Crippen molar-refractivity contribution < 1.29 is 9.59 Å². The number of carbonyl (C=O) groups is 2. The van der Waals surface area contributed by atoms with E-state index >= 15 is 0 Å². The molecule has 1 aliphatic carbocycles. The van der Waals surface area contributed by atoms with Crippen LogP contribution >= 0.6 is 15.9 Å². The SMILES string of the molecule is O=C1CC(=O)N(C2CCN(C3CCCCCCC3)CC2)c2cc(Br)ccc2C1. The smallest absolute Gasteiger partial charge is 0.234 e. The summed E-state index contributed by atoms with van der Waals surface area (Å²) in [4.78, 5) is 29.8. The molecule has 0 aromatic heterocycles. The summed E-state index contributed by atoms with van der Waals surface area (Å²) in [7, 11) is 0. The zero-order valence-corrected chi connectivity index (χ0v) is 18.3. The fourth-order valence-electron chi connectivity index (χ4n) is 5.28. The van der Waals surface area contributed by atoms with Crippen LogP contribution in [0, 0.1) is 0 Å². The minimum atomic E-state index is -0.0220. The molecule has 5 heteroatoms. The lowest BCUT2D eigenvalue weighted by Crippen LogP contribution is -2.50. The van der Waals surface area contributed by atoms with Crippen LogP contribution in [0.25, 0.3) is 0 Å². The van der Waals surface area contributed by atoms with E-state index in [1.807, 2.05) is 23.1 Å². The van der Waals surface area contributed by atoms with Gasteiger partial charge in [-0.15, -0.1) is 0 Å². The molecule has 28 heavy (non-hydrogen) atoms. The third kappa shape index (κ3) is 4.51. The Kier molecular flexibility index (Phi) is 6.52. The molecule has 152 valence electrons. The van der Waals surface area contributed by atoms with Gasteiger partial charge in [-0.1, -0.05) is 54.1 Å². The van der Waals surface area contributed by atoms with Crippen LogP contribution in [0.1, 0.15) is 69.8 Å². The van der Waals surface area contributed by atoms with E-state index in [-0.39, 0.29) is 24.2 Å². The van der Waals surface area contributed by atoms with Crippen molar-refractivity contribution in [1.82, 2.24) is 4.90 Å². The molecule has 1 saturated heterocycles. The number of benzene rings is 1. The molecule has 2 fully saturated rings. The van der Waals surface area contributed by atoms with Crippen molar-refractivity contribution in [1.29, 1.82) is 0 Å². The lowest BCUT2D eigenvalue weighted by molar-refractivity contribution is -0.126. The predicted molar refractivity (Wildman–Crippen MR) is 116 cm³/mol. The quantitative estimate of drug-likeness (QED) is 0.608. The molecule has 0 spiro atoms. The van der Waals surface area contributed by atoms with Crippen molar-refractivity contribution in [2.45, 2.75) is 82.7 Å². The van der Waals surface area contributed by atoms with Crippen molar-refractivity contribution in [2.75, 3.05) is 18.0 Å². The first-order chi connectivity index (χ1) is 13.6. The van der Waals surface area contributed by atoms with Crippen LogP contribution in [0.2, 0.25) is 0 Å². The number of nitrogens with zero attached hydrogens (tertiary/aromatic N) is 2. The summed E-state index contributed by atoms with van der Waals surface area (Å²) in [5, 5.41) is 0. The van der Waals surface area contributed by atoms with Gasteiger partial charge in [-0.2, -0.15) is 0 Å². The summed E-state index contributed by atoms with van der Waals surface area (Å²) in [5.74, 6) is 0.00860. The Morgan fingerprint density at radius 3 is 2.21 bits per heavy atom. The van der Waals surface area contributed by atoms with Gasteiger partial charge in [0.25, 0.3) is 0 Å². The Morgan fingerprint density at radius 1 is 0.821 bits per heavy atom. The first kappa shape index (κ1) is 20.1. The summed E-state index contributed by atoms with van der Waals surface area (Å²) in [6, 6.07) is 6.91. The molecule has 3 aliphatic rings. The van der Waals surface area contributed by atoms with E-state index in [0.717, 1.165) is 47.7 Å². The van der Waals surface area contributed by atoms with Crippen LogP contribution in [-0.4, -0.2) is 41.8 Å². The van der Waals surface area contributed by atoms with Gasteiger partial charge in [0.15, 0.2) is 0 Å². The molecule has 0 radical (unpaired) electrons. The van der Waals surface area contributed by atoms with E-state index in [9.17, 15) is 9.59 Å². The summed E-state index contributed by atoms with van der Waals surface area (Å²) in [6.45, 7) is 2.13. The molecule has 1 aromatic rings. The van der Waals surface area contributed by atoms with Gasteiger partial charge in [0, 0.05) is 41.8 Å². The fourth-order valence-corrected chi connectivity index (χ4v) is 5.63. The maximum Gasteiger partial charge on any atom is 0.234 e. The third-order valence-corrected chi connectivity index (χ3v) is 7.26. The van der Waals surface area contributed by atoms with E-state index in [2.05, 4.69) is 20.8 Å². The first-order valence-corrected chi connectivity index (χ1v) is 11.8. The minimum Gasteiger partial charge on any atom is -0.309 e. The molecule has 1 amide bonds. The maximum absolute atomic E-state index is 12.9. The zero-order chi connectivity index (χ0) is 19.5. The van der Waals surface area contributed by atoms with Crippen LogP contribution in [0.4, 0.5) is 5.69 Å². The van der Waals surface area contributed by atoms with Crippen LogP contribution in [0.15, 0.2) is 22.7 Å². The summed E-state index contributed by atoms with van der Waals surface area (Å²) in [5.41, 5.74) is 1.93. The highest BCUT2D eigenvalue weighted by Gasteiger charge is 2.35. The predicted octanol–water partition coefficient (Wildman–Crippen LogP) is 4.87. The number of ketones is 1. The van der Waals surface area contributed by atoms with E-state index < -0.39 is 0 Å². The van der Waals surface area contributed by atoms with Gasteiger partial charge in [0.2, 0.25) is 5.91 Å². The summed E-state index contributed by atoms with van der Waals surface area (Å²) < 4.78 is 0.963. The van der Waals surface area contributed by atoms with E-state index in [0.29, 0.717) is 6.42 Å². The molecule has 0 bridgehead atoms. The lowest BCUT2D eigenvalue weighted by Gasteiger charge is -2.42. The number of Topliss-reactive ketones (excluding diaryl/α,β-unsaturated/α-hetero) is 1. The molecule has 1 saturated carbocycles.